The van der Waals surface area contributed by atoms with Gasteiger partial charge >= 0.3 is 0 Å². The van der Waals surface area contributed by atoms with Gasteiger partial charge in [-0.3, -0.25) is 14.9 Å². The number of rotatable bonds is 7. The van der Waals surface area contributed by atoms with Gasteiger partial charge in [0.15, 0.2) is 0 Å². The number of methoxy groups -OCH3 is 1. The van der Waals surface area contributed by atoms with Crippen LogP contribution in [0.3, 0.4) is 0 Å². The molecule has 31 heavy (non-hydrogen) atoms. The third kappa shape index (κ3) is 4.95. The summed E-state index contributed by atoms with van der Waals surface area (Å²) in [5.41, 5.74) is 5.92. The smallest absolute Gasteiger partial charge is 0.271 e. The van der Waals surface area contributed by atoms with E-state index in [0.29, 0.717) is 17.0 Å². The van der Waals surface area contributed by atoms with E-state index < -0.39 is 4.92 Å². The summed E-state index contributed by atoms with van der Waals surface area (Å²) in [5.74, 6) is -0.210. The Balaban J connectivity index is 1.80. The Hall–Kier alpha value is -4.01. The van der Waals surface area contributed by atoms with Crippen molar-refractivity contribution in [2.24, 2.45) is 5.10 Å². The Morgan fingerprint density at radius 2 is 1.94 bits per heavy atom. The second-order valence-corrected chi connectivity index (χ2v) is 6.87. The molecule has 0 radical (unpaired) electrons. The lowest BCUT2D eigenvalue weighted by Crippen LogP contribution is -2.19. The van der Waals surface area contributed by atoms with Crippen LogP contribution in [0.1, 0.15) is 22.5 Å². The van der Waals surface area contributed by atoms with E-state index >= 15 is 0 Å². The number of benzene rings is 2. The van der Waals surface area contributed by atoms with Crippen LogP contribution in [-0.4, -0.2) is 28.7 Å². The Morgan fingerprint density at radius 1 is 1.23 bits per heavy atom. The van der Waals surface area contributed by atoms with Crippen LogP contribution >= 0.6 is 0 Å². The summed E-state index contributed by atoms with van der Waals surface area (Å²) in [4.78, 5) is 22.8. The van der Waals surface area contributed by atoms with E-state index in [9.17, 15) is 19.3 Å². The highest BCUT2D eigenvalue weighted by atomic mass is 19.1. The number of hydrazone groups is 1. The molecule has 1 heterocycles. The lowest BCUT2D eigenvalue weighted by atomic mass is 10.1. The third-order valence-corrected chi connectivity index (χ3v) is 4.76. The number of hydrogen-bond acceptors (Lipinski definition) is 5. The number of non-ortho nitro benzene ring substituents is 1. The van der Waals surface area contributed by atoms with Gasteiger partial charge in [-0.2, -0.15) is 5.10 Å². The zero-order valence-corrected chi connectivity index (χ0v) is 17.3. The molecule has 0 aliphatic rings. The van der Waals surface area contributed by atoms with Crippen LogP contribution in [0, 0.1) is 29.8 Å². The zero-order valence-electron chi connectivity index (χ0n) is 17.3. The number of ether oxygens (including phenoxy) is 1. The maximum atomic E-state index is 13.0. The average molecular weight is 424 g/mol. The van der Waals surface area contributed by atoms with Crippen LogP contribution < -0.4 is 10.2 Å². The quantitative estimate of drug-likeness (QED) is 0.354. The van der Waals surface area contributed by atoms with Crippen LogP contribution in [0.2, 0.25) is 0 Å². The molecule has 0 spiro atoms. The largest absolute Gasteiger partial charge is 0.495 e. The molecule has 1 N–H and O–H groups in total. The maximum Gasteiger partial charge on any atom is 0.271 e. The van der Waals surface area contributed by atoms with E-state index in [4.69, 9.17) is 4.74 Å². The van der Waals surface area contributed by atoms with E-state index in [1.807, 2.05) is 24.5 Å². The molecule has 3 rings (SSSR count). The predicted molar refractivity (Wildman–Crippen MR) is 114 cm³/mol. The molecule has 0 aliphatic heterocycles. The first-order valence-corrected chi connectivity index (χ1v) is 9.38. The first kappa shape index (κ1) is 21.7. The Bertz CT molecular complexity index is 1150. The van der Waals surface area contributed by atoms with Crippen molar-refractivity contribution in [3.8, 4) is 11.4 Å². The highest BCUT2D eigenvalue weighted by Gasteiger charge is 2.17. The van der Waals surface area contributed by atoms with Gasteiger partial charge in [0.05, 0.1) is 30.4 Å². The molecule has 0 fully saturated rings. The lowest BCUT2D eigenvalue weighted by Gasteiger charge is -2.13. The van der Waals surface area contributed by atoms with Crippen molar-refractivity contribution >= 4 is 17.8 Å². The number of amides is 1. The fraction of sp³-hybridized carbons (Fsp3) is 0.182. The summed E-state index contributed by atoms with van der Waals surface area (Å²) in [6, 6.07) is 11.9. The van der Waals surface area contributed by atoms with Gasteiger partial charge in [0.25, 0.3) is 5.69 Å². The normalized spacial score (nSPS) is 11.0. The first-order chi connectivity index (χ1) is 14.8. The number of halogens is 1. The number of nitro benzene ring substituents is 1. The van der Waals surface area contributed by atoms with Crippen LogP contribution in [0.25, 0.3) is 5.69 Å². The summed E-state index contributed by atoms with van der Waals surface area (Å²) < 4.78 is 20.2. The van der Waals surface area contributed by atoms with Gasteiger partial charge in [-0.05, 0) is 43.7 Å². The molecule has 0 atom stereocenters. The minimum atomic E-state index is -0.462. The van der Waals surface area contributed by atoms with E-state index in [0.717, 1.165) is 17.0 Å². The molecule has 3 aromatic rings. The fourth-order valence-electron chi connectivity index (χ4n) is 3.26. The molecular weight excluding hydrogens is 403 g/mol. The molecular formula is C22H21FN4O4. The monoisotopic (exact) mass is 424 g/mol. The van der Waals surface area contributed by atoms with Crippen molar-refractivity contribution < 1.29 is 18.8 Å². The summed E-state index contributed by atoms with van der Waals surface area (Å²) in [6.07, 6.45) is 1.58. The van der Waals surface area contributed by atoms with E-state index in [1.165, 1.54) is 37.6 Å². The van der Waals surface area contributed by atoms with E-state index in [-0.39, 0.29) is 23.8 Å². The molecule has 1 aromatic heterocycles. The van der Waals surface area contributed by atoms with Gasteiger partial charge in [0.2, 0.25) is 5.91 Å². The third-order valence-electron chi connectivity index (χ3n) is 4.76. The number of nitro groups is 1. The molecule has 0 aliphatic carbocycles. The molecule has 2 aromatic carbocycles. The molecule has 1 amide bonds. The van der Waals surface area contributed by atoms with Crippen molar-refractivity contribution in [2.45, 2.75) is 20.3 Å². The number of carbonyl (C=O) groups excluding carboxylic acids is 1. The van der Waals surface area contributed by atoms with Crippen LogP contribution in [0.15, 0.2) is 53.6 Å². The molecule has 9 heteroatoms. The van der Waals surface area contributed by atoms with E-state index in [2.05, 4.69) is 10.5 Å². The molecule has 0 saturated heterocycles. The zero-order chi connectivity index (χ0) is 22.5. The second kappa shape index (κ2) is 9.21. The molecule has 0 bridgehead atoms. The number of aryl methyl sites for hydroxylation is 1. The van der Waals surface area contributed by atoms with Gasteiger partial charge in [0.1, 0.15) is 11.6 Å². The fourth-order valence-corrected chi connectivity index (χ4v) is 3.26. The van der Waals surface area contributed by atoms with Crippen molar-refractivity contribution in [3.63, 3.8) is 0 Å². The van der Waals surface area contributed by atoms with Crippen molar-refractivity contribution in [1.29, 1.82) is 0 Å². The predicted octanol–water partition coefficient (Wildman–Crippen LogP) is 3.84. The Morgan fingerprint density at radius 3 is 2.58 bits per heavy atom. The Kier molecular flexibility index (Phi) is 6.44. The lowest BCUT2D eigenvalue weighted by molar-refractivity contribution is -0.384. The van der Waals surface area contributed by atoms with Gasteiger partial charge in [-0.25, -0.2) is 9.82 Å². The van der Waals surface area contributed by atoms with Gasteiger partial charge in [-0.1, -0.05) is 12.1 Å². The minimum Gasteiger partial charge on any atom is -0.495 e. The average Bonchev–Trinajstić information content (AvgIpc) is 3.02. The standard InChI is InChI=1S/C22H21FN4O4/c1-14-10-17(13-24-25-22(28)11-16-4-6-18(23)7-5-16)15(2)26(14)20-12-19(27(29)30)8-9-21(20)31-3/h4-10,12-13H,11H2,1-3H3,(H,25,28)/b24-13+. The van der Waals surface area contributed by atoms with Gasteiger partial charge in [0, 0.05) is 29.1 Å². The maximum absolute atomic E-state index is 13.0. The SMILES string of the molecule is COc1ccc([N+](=O)[O-])cc1-n1c(C)cc(/C=N/NC(=O)Cc2ccc(F)cc2)c1C. The minimum absolute atomic E-state index is 0.0495. The number of carbonyl (C=O) groups is 1. The molecule has 160 valence electrons. The number of nitrogens with zero attached hydrogens (tertiary/aromatic N) is 3. The summed E-state index contributed by atoms with van der Waals surface area (Å²) in [6.45, 7) is 3.70. The van der Waals surface area contributed by atoms with E-state index in [1.54, 1.807) is 18.2 Å². The summed E-state index contributed by atoms with van der Waals surface area (Å²) >= 11 is 0. The molecule has 0 saturated carbocycles. The highest BCUT2D eigenvalue weighted by Crippen LogP contribution is 2.31. The van der Waals surface area contributed by atoms with Crippen LogP contribution in [-0.2, 0) is 11.2 Å². The van der Waals surface area contributed by atoms with Crippen molar-refractivity contribution in [1.82, 2.24) is 9.99 Å². The van der Waals surface area contributed by atoms with Gasteiger partial charge in [-0.15, -0.1) is 0 Å². The second-order valence-electron chi connectivity index (χ2n) is 6.87. The van der Waals surface area contributed by atoms with Gasteiger partial charge < -0.3 is 9.30 Å². The summed E-state index contributed by atoms with van der Waals surface area (Å²) in [7, 11) is 1.50. The van der Waals surface area contributed by atoms with Crippen molar-refractivity contribution in [2.75, 3.05) is 7.11 Å². The van der Waals surface area contributed by atoms with Crippen molar-refractivity contribution in [3.05, 3.63) is 87.0 Å². The first-order valence-electron chi connectivity index (χ1n) is 9.38. The van der Waals surface area contributed by atoms with Crippen LogP contribution in [0.4, 0.5) is 10.1 Å². The topological polar surface area (TPSA) is 98.8 Å². The number of aromatic nitrogens is 1. The highest BCUT2D eigenvalue weighted by molar-refractivity contribution is 5.85. The molecule has 0 unspecified atom stereocenters. The Labute approximate surface area is 178 Å². The number of nitrogens with one attached hydrogen (secondary N) is 1. The number of hydrogen-bond donors (Lipinski definition) is 1. The molecule has 8 nitrogen and oxygen atoms in total. The summed E-state index contributed by atoms with van der Waals surface area (Å²) in [5, 5.41) is 15.2. The van der Waals surface area contributed by atoms with Crippen LogP contribution in [0.5, 0.6) is 5.75 Å².